The largest absolute Gasteiger partial charge is 2.00 e. The van der Waals surface area contributed by atoms with Crippen molar-refractivity contribution in [1.82, 2.24) is 4.90 Å². The van der Waals surface area contributed by atoms with Gasteiger partial charge in [-0.25, -0.2) is 0 Å². The summed E-state index contributed by atoms with van der Waals surface area (Å²) in [7, 11) is 1.25. The molecule has 27 heavy (non-hydrogen) atoms. The molecule has 0 aromatic heterocycles. The van der Waals surface area contributed by atoms with Crippen LogP contribution in [0.4, 0.5) is 0 Å². The minimum absolute atomic E-state index is 0. The van der Waals surface area contributed by atoms with Crippen LogP contribution in [0.1, 0.15) is 96.8 Å². The van der Waals surface area contributed by atoms with Crippen LogP contribution in [-0.4, -0.2) is 70.4 Å². The Kier molecular flexibility index (Phi) is 37.3. The van der Waals surface area contributed by atoms with Gasteiger partial charge >= 0.3 is 37.7 Å². The number of hydrogen-bond acceptors (Lipinski definition) is 5. The third-order valence-electron chi connectivity index (χ3n) is 3.75. The van der Waals surface area contributed by atoms with Gasteiger partial charge in [0, 0.05) is 0 Å². The van der Waals surface area contributed by atoms with Crippen molar-refractivity contribution in [2.45, 2.75) is 96.8 Å². The van der Waals surface area contributed by atoms with Crippen molar-refractivity contribution in [2.24, 2.45) is 0 Å². The van der Waals surface area contributed by atoms with Gasteiger partial charge in [0.1, 0.15) is 0 Å². The Morgan fingerprint density at radius 2 is 0.963 bits per heavy atom. The first-order valence-corrected chi connectivity index (χ1v) is 11.5. The standard InChI is InChI=1S/C16H35O4P.C3H9N.BrH.Ca/c1-2-3-4-5-6-7-8-9-10-11-12-13-14-15-16-20-21(17,18)19;1-4(2)3;;/h2-16H2,1H3,(H2,17,18,19);1-3H3;1H;/q;;;+2/p-2. The monoisotopic (exact) mass is 499 g/mol. The molecule has 0 saturated carbocycles. The number of hydrogen-bond donors (Lipinski definition) is 0. The summed E-state index contributed by atoms with van der Waals surface area (Å²) in [4.78, 5) is 22.4. The number of rotatable bonds is 16. The van der Waals surface area contributed by atoms with E-state index in [2.05, 4.69) is 11.4 Å². The first-order chi connectivity index (χ1) is 11.8. The molecule has 162 valence electrons. The minimum atomic E-state index is -4.75. The summed E-state index contributed by atoms with van der Waals surface area (Å²) < 4.78 is 14.4. The van der Waals surface area contributed by atoms with Gasteiger partial charge in [-0.2, -0.15) is 0 Å². The maximum Gasteiger partial charge on any atom is 2.00 e. The van der Waals surface area contributed by atoms with Crippen LogP contribution in [0.15, 0.2) is 0 Å². The van der Waals surface area contributed by atoms with Crippen LogP contribution in [-0.2, 0) is 9.09 Å². The fourth-order valence-electron chi connectivity index (χ4n) is 2.47. The second-order valence-corrected chi connectivity index (χ2v) is 8.37. The molecule has 0 aliphatic rings. The van der Waals surface area contributed by atoms with E-state index in [1.165, 1.54) is 70.6 Å². The molecule has 0 aromatic rings. The van der Waals surface area contributed by atoms with Gasteiger partial charge in [0.25, 0.3) is 0 Å². The molecule has 8 heteroatoms. The molecular weight excluding hydrogens is 457 g/mol. The summed E-state index contributed by atoms with van der Waals surface area (Å²) in [5.74, 6) is 0. The van der Waals surface area contributed by atoms with Gasteiger partial charge in [-0.1, -0.05) is 90.4 Å². The molecule has 0 rings (SSSR count). The van der Waals surface area contributed by atoms with Crippen LogP contribution in [0.5, 0.6) is 0 Å². The molecule has 0 spiro atoms. The number of nitrogens with zero attached hydrogens (tertiary/aromatic N) is 1. The number of phosphoric acid groups is 1. The predicted molar refractivity (Wildman–Crippen MR) is 120 cm³/mol. The molecule has 0 fully saturated rings. The van der Waals surface area contributed by atoms with Crippen LogP contribution in [0.25, 0.3) is 0 Å². The van der Waals surface area contributed by atoms with Gasteiger partial charge in [-0.05, 0) is 27.6 Å². The van der Waals surface area contributed by atoms with E-state index in [4.69, 9.17) is 0 Å². The SMILES string of the molecule is Br.CCCCCCCCCCCCCCCCOP(=O)([O-])[O-].CN(C)C.[Ca+2]. The third kappa shape index (κ3) is 47.2. The fourth-order valence-corrected chi connectivity index (χ4v) is 2.83. The van der Waals surface area contributed by atoms with Gasteiger partial charge in [0.05, 0.1) is 14.4 Å². The van der Waals surface area contributed by atoms with E-state index in [1.807, 2.05) is 26.0 Å². The average Bonchev–Trinajstić information content (AvgIpc) is 2.49. The number of halogens is 1. The zero-order chi connectivity index (χ0) is 19.4. The van der Waals surface area contributed by atoms with Gasteiger partial charge in [-0.15, -0.1) is 17.0 Å². The maximum absolute atomic E-state index is 10.2. The molecular formula is C19H43BrCaNO4P. The molecule has 5 nitrogen and oxygen atoms in total. The number of unbranched alkanes of at least 4 members (excludes halogenated alkanes) is 13. The zero-order valence-corrected chi connectivity index (χ0v) is 23.1. The summed E-state index contributed by atoms with van der Waals surface area (Å²) in [6.45, 7) is 2.29. The van der Waals surface area contributed by atoms with Crippen LogP contribution in [0.3, 0.4) is 0 Å². The Labute approximate surface area is 209 Å². The molecule has 0 unspecified atom stereocenters. The summed E-state index contributed by atoms with van der Waals surface area (Å²) in [6.07, 6.45) is 17.4. The molecule has 0 aliphatic carbocycles. The Morgan fingerprint density at radius 3 is 1.22 bits per heavy atom. The molecule has 0 amide bonds. The molecule has 0 bridgehead atoms. The van der Waals surface area contributed by atoms with Gasteiger partial charge < -0.3 is 23.8 Å². The Hall–Kier alpha value is 1.81. The van der Waals surface area contributed by atoms with E-state index >= 15 is 0 Å². The van der Waals surface area contributed by atoms with Crippen molar-refractivity contribution in [3.8, 4) is 0 Å². The second-order valence-electron chi connectivity index (χ2n) is 7.22. The van der Waals surface area contributed by atoms with Gasteiger partial charge in [-0.3, -0.25) is 0 Å². The smallest absolute Gasteiger partial charge is 0.790 e. The predicted octanol–water partition coefficient (Wildman–Crippen LogP) is 4.69. The average molecular weight is 501 g/mol. The van der Waals surface area contributed by atoms with E-state index in [0.29, 0.717) is 6.42 Å². The summed E-state index contributed by atoms with van der Waals surface area (Å²) >= 11 is 0. The van der Waals surface area contributed by atoms with Crippen molar-refractivity contribution in [3.05, 3.63) is 0 Å². The third-order valence-corrected chi connectivity index (χ3v) is 4.25. The summed E-state index contributed by atoms with van der Waals surface area (Å²) in [6, 6.07) is 0. The summed E-state index contributed by atoms with van der Waals surface area (Å²) in [5, 5.41) is 0. The van der Waals surface area contributed by atoms with Crippen molar-refractivity contribution in [3.63, 3.8) is 0 Å². The van der Waals surface area contributed by atoms with Crippen molar-refractivity contribution in [2.75, 3.05) is 27.7 Å². The molecule has 0 heterocycles. The first kappa shape index (κ1) is 36.2. The molecule has 0 aliphatic heterocycles. The van der Waals surface area contributed by atoms with E-state index in [0.717, 1.165) is 12.8 Å². The number of phosphoric ester groups is 1. The van der Waals surface area contributed by atoms with E-state index in [1.54, 1.807) is 0 Å². The van der Waals surface area contributed by atoms with Gasteiger partial charge in [0.2, 0.25) is 0 Å². The molecule has 0 radical (unpaired) electrons. The Bertz CT molecular complexity index is 305. The quantitative estimate of drug-likeness (QED) is 0.175. The molecule has 0 saturated heterocycles. The van der Waals surface area contributed by atoms with Gasteiger partial charge in [0.15, 0.2) is 0 Å². The topological polar surface area (TPSA) is 75.7 Å². The summed E-state index contributed by atoms with van der Waals surface area (Å²) in [5.41, 5.74) is 0. The van der Waals surface area contributed by atoms with Crippen LogP contribution >= 0.6 is 24.8 Å². The van der Waals surface area contributed by atoms with Crippen LogP contribution < -0.4 is 9.79 Å². The van der Waals surface area contributed by atoms with E-state index in [-0.39, 0.29) is 61.3 Å². The van der Waals surface area contributed by atoms with Crippen molar-refractivity contribution >= 4 is 62.5 Å². The molecule has 0 N–H and O–H groups in total. The van der Waals surface area contributed by atoms with Crippen LogP contribution in [0, 0.1) is 0 Å². The Balaban J connectivity index is -0.000000398. The first-order valence-electron chi connectivity index (χ1n) is 10.1. The minimum Gasteiger partial charge on any atom is -0.790 e. The van der Waals surface area contributed by atoms with E-state index < -0.39 is 7.82 Å². The Morgan fingerprint density at radius 1 is 0.704 bits per heavy atom. The van der Waals surface area contributed by atoms with Crippen LogP contribution in [0.2, 0.25) is 0 Å². The maximum atomic E-state index is 10.2. The van der Waals surface area contributed by atoms with Crippen molar-refractivity contribution < 1.29 is 18.9 Å². The molecule has 0 atom stereocenters. The normalized spacial score (nSPS) is 10.6. The second kappa shape index (κ2) is 27.8. The fraction of sp³-hybridized carbons (Fsp3) is 1.00. The molecule has 0 aromatic carbocycles. The van der Waals surface area contributed by atoms with E-state index in [9.17, 15) is 14.4 Å². The van der Waals surface area contributed by atoms with Crippen molar-refractivity contribution in [1.29, 1.82) is 0 Å². The zero-order valence-electron chi connectivity index (χ0n) is 18.2.